The van der Waals surface area contributed by atoms with Crippen molar-refractivity contribution in [3.05, 3.63) is 65.4 Å². The third kappa shape index (κ3) is 7.18. The van der Waals surface area contributed by atoms with Gasteiger partial charge < -0.3 is 24.4 Å². The largest absolute Gasteiger partial charge is 0.480 e. The maximum atomic E-state index is 15.3. The first kappa shape index (κ1) is 32.3. The van der Waals surface area contributed by atoms with Crippen LogP contribution in [0.15, 0.2) is 42.6 Å². The first-order chi connectivity index (χ1) is 22.5. The maximum absolute atomic E-state index is 15.3. The van der Waals surface area contributed by atoms with E-state index in [1.54, 1.807) is 6.07 Å². The van der Waals surface area contributed by atoms with Gasteiger partial charge in [-0.3, -0.25) is 9.62 Å². The fourth-order valence-corrected chi connectivity index (χ4v) is 6.35. The Morgan fingerprint density at radius 1 is 1.02 bits per heavy atom. The number of morpholine rings is 1. The molecule has 2 N–H and O–H groups in total. The zero-order chi connectivity index (χ0) is 33.3. The highest BCUT2D eigenvalue weighted by atomic mass is 32.2. The fourth-order valence-electron chi connectivity index (χ4n) is 5.80. The monoisotopic (exact) mass is 669 g/mol. The van der Waals surface area contributed by atoms with Crippen LogP contribution >= 0.6 is 0 Å². The van der Waals surface area contributed by atoms with Gasteiger partial charge in [-0.25, -0.2) is 36.9 Å². The number of aromatic nitrogens is 3. The molecule has 47 heavy (non-hydrogen) atoms. The van der Waals surface area contributed by atoms with Gasteiger partial charge in [0, 0.05) is 63.0 Å². The van der Waals surface area contributed by atoms with Crippen LogP contribution < -0.4 is 19.3 Å². The summed E-state index contributed by atoms with van der Waals surface area (Å²) >= 11 is 0. The van der Waals surface area contributed by atoms with Gasteiger partial charge in [0.05, 0.1) is 49.0 Å². The fraction of sp³-hybridized carbons (Fsp3) is 0.355. The van der Waals surface area contributed by atoms with Crippen LogP contribution in [0.1, 0.15) is 15.9 Å². The summed E-state index contributed by atoms with van der Waals surface area (Å²) in [5.74, 6) is -1.80. The number of sulfonamides is 1. The van der Waals surface area contributed by atoms with E-state index in [9.17, 15) is 17.6 Å². The van der Waals surface area contributed by atoms with Crippen LogP contribution in [-0.4, -0.2) is 105 Å². The number of carboxylic acid groups (broad SMARTS) is 1. The predicted octanol–water partition coefficient (Wildman–Crippen LogP) is 3.21. The molecule has 0 unspecified atom stereocenters. The Morgan fingerprint density at radius 2 is 1.77 bits per heavy atom. The zero-order valence-electron chi connectivity index (χ0n) is 25.7. The molecule has 2 aromatic carbocycles. The van der Waals surface area contributed by atoms with E-state index < -0.39 is 27.6 Å². The average molecular weight is 670 g/mol. The molecule has 13 nitrogen and oxygen atoms in total. The van der Waals surface area contributed by atoms with Crippen LogP contribution in [0.4, 0.5) is 26.1 Å². The van der Waals surface area contributed by atoms with Crippen LogP contribution in [0.5, 0.6) is 5.88 Å². The second-order valence-electron chi connectivity index (χ2n) is 11.3. The number of nitrogens with zero attached hydrogens (tertiary/aromatic N) is 6. The van der Waals surface area contributed by atoms with Crippen molar-refractivity contribution in [3.63, 3.8) is 0 Å². The van der Waals surface area contributed by atoms with Crippen LogP contribution in [-0.2, 0) is 21.3 Å². The Labute approximate surface area is 269 Å². The Bertz CT molecular complexity index is 1930. The van der Waals surface area contributed by atoms with Crippen molar-refractivity contribution in [2.75, 3.05) is 80.4 Å². The Balaban J connectivity index is 1.35. The number of nitrogens with one attached hydrogen (secondary N) is 1. The third-order valence-electron chi connectivity index (χ3n) is 8.04. The number of rotatable bonds is 9. The van der Waals surface area contributed by atoms with Gasteiger partial charge in [-0.15, -0.1) is 0 Å². The quantitative estimate of drug-likeness (QED) is 0.269. The smallest absolute Gasteiger partial charge is 0.335 e. The summed E-state index contributed by atoms with van der Waals surface area (Å²) in [6.45, 7) is 4.46. The highest BCUT2D eigenvalue weighted by molar-refractivity contribution is 7.92. The predicted molar refractivity (Wildman–Crippen MR) is 172 cm³/mol. The molecule has 0 saturated carbocycles. The van der Waals surface area contributed by atoms with Gasteiger partial charge in [0.2, 0.25) is 21.9 Å². The number of methoxy groups -OCH3 is 1. The minimum absolute atomic E-state index is 0.0645. The SMILES string of the molecule is COc1ncc(-c2nc(N3CCOCC3)nc3c(CN4CCN(c5ccc(C(=O)O)cc5F)CC4)cc(F)cc23)cc1NS(C)(=O)=O. The van der Waals surface area contributed by atoms with E-state index in [0.717, 1.165) is 12.3 Å². The lowest BCUT2D eigenvalue weighted by atomic mass is 10.0. The van der Waals surface area contributed by atoms with E-state index in [4.69, 9.17) is 24.5 Å². The number of pyridine rings is 1. The number of aromatic carboxylic acids is 1. The lowest BCUT2D eigenvalue weighted by molar-refractivity contribution is 0.0696. The molecule has 0 amide bonds. The first-order valence-electron chi connectivity index (χ1n) is 14.8. The van der Waals surface area contributed by atoms with Crippen molar-refractivity contribution >= 4 is 44.2 Å². The van der Waals surface area contributed by atoms with E-state index in [2.05, 4.69) is 14.6 Å². The molecular weight excluding hydrogens is 636 g/mol. The highest BCUT2D eigenvalue weighted by Gasteiger charge is 2.25. The first-order valence-corrected chi connectivity index (χ1v) is 16.7. The molecule has 2 aromatic heterocycles. The normalized spacial score (nSPS) is 16.0. The molecule has 0 bridgehead atoms. The Morgan fingerprint density at radius 3 is 2.43 bits per heavy atom. The Hall–Kier alpha value is -4.67. The van der Waals surface area contributed by atoms with Crippen molar-refractivity contribution in [2.45, 2.75) is 6.54 Å². The van der Waals surface area contributed by atoms with Gasteiger partial charge in [-0.05, 0) is 42.0 Å². The molecule has 0 radical (unpaired) electrons. The summed E-state index contributed by atoms with van der Waals surface area (Å²) in [7, 11) is -2.30. The molecule has 2 fully saturated rings. The summed E-state index contributed by atoms with van der Waals surface area (Å²) in [5.41, 5.74) is 2.28. The number of piperazine rings is 1. The van der Waals surface area contributed by atoms with Gasteiger partial charge in [0.1, 0.15) is 17.3 Å². The lowest BCUT2D eigenvalue weighted by Crippen LogP contribution is -2.46. The average Bonchev–Trinajstić information content (AvgIpc) is 3.04. The van der Waals surface area contributed by atoms with Gasteiger partial charge >= 0.3 is 5.97 Å². The molecule has 16 heteroatoms. The van der Waals surface area contributed by atoms with Crippen molar-refractivity contribution in [3.8, 4) is 17.1 Å². The van der Waals surface area contributed by atoms with Gasteiger partial charge in [0.25, 0.3) is 0 Å². The van der Waals surface area contributed by atoms with Crippen molar-refractivity contribution < 1.29 is 36.6 Å². The molecule has 2 aliphatic rings. The molecule has 2 saturated heterocycles. The van der Waals surface area contributed by atoms with Crippen molar-refractivity contribution in [1.29, 1.82) is 0 Å². The zero-order valence-corrected chi connectivity index (χ0v) is 26.6. The van der Waals surface area contributed by atoms with Crippen LogP contribution in [0.2, 0.25) is 0 Å². The van der Waals surface area contributed by atoms with Crippen molar-refractivity contribution in [1.82, 2.24) is 19.9 Å². The number of hydrogen-bond acceptors (Lipinski definition) is 11. The van der Waals surface area contributed by atoms with E-state index >= 15 is 4.39 Å². The molecule has 2 aliphatic heterocycles. The van der Waals surface area contributed by atoms with E-state index in [1.165, 1.54) is 37.6 Å². The number of ether oxygens (including phenoxy) is 2. The van der Waals surface area contributed by atoms with E-state index in [0.29, 0.717) is 98.4 Å². The third-order valence-corrected chi connectivity index (χ3v) is 8.63. The minimum atomic E-state index is -3.67. The topological polar surface area (TPSA) is 150 Å². The van der Waals surface area contributed by atoms with Crippen LogP contribution in [0, 0.1) is 11.6 Å². The summed E-state index contributed by atoms with van der Waals surface area (Å²) in [4.78, 5) is 31.2. The lowest BCUT2D eigenvalue weighted by Gasteiger charge is -2.36. The molecule has 0 spiro atoms. The summed E-state index contributed by atoms with van der Waals surface area (Å²) in [6, 6.07) is 8.22. The number of carbonyl (C=O) groups is 1. The molecule has 0 atom stereocenters. The van der Waals surface area contributed by atoms with Gasteiger partial charge in [-0.2, -0.15) is 0 Å². The second-order valence-corrected chi connectivity index (χ2v) is 13.1. The van der Waals surface area contributed by atoms with Gasteiger partial charge in [0.15, 0.2) is 0 Å². The van der Waals surface area contributed by atoms with E-state index in [1.807, 2.05) is 9.80 Å². The molecule has 6 rings (SSSR count). The standard InChI is InChI=1S/C31H33F2N7O6S/c1-45-29-25(37-47(2,43)44)15-20(17-34-29)27-23-16-22(32)13-21(28(23)36-31(35-27)40-9-11-46-12-10-40)18-38-5-7-39(8-6-38)26-4-3-19(30(41)42)14-24(26)33/h3-4,13-17,37H,5-12,18H2,1-2H3,(H,41,42). The van der Waals surface area contributed by atoms with Crippen LogP contribution in [0.25, 0.3) is 22.2 Å². The number of carboxylic acids is 1. The Kier molecular flexibility index (Phi) is 9.07. The number of halogens is 2. The summed E-state index contributed by atoms with van der Waals surface area (Å²) in [6.07, 6.45) is 2.51. The van der Waals surface area contributed by atoms with Crippen molar-refractivity contribution in [2.24, 2.45) is 0 Å². The highest BCUT2D eigenvalue weighted by Crippen LogP contribution is 2.35. The number of fused-ring (bicyclic) bond motifs is 1. The molecule has 248 valence electrons. The second kappa shape index (κ2) is 13.2. The summed E-state index contributed by atoms with van der Waals surface area (Å²) in [5, 5.41) is 9.59. The van der Waals surface area contributed by atoms with Crippen LogP contribution in [0.3, 0.4) is 0 Å². The van der Waals surface area contributed by atoms with Gasteiger partial charge in [-0.1, -0.05) is 0 Å². The minimum Gasteiger partial charge on any atom is -0.480 e. The number of hydrogen-bond donors (Lipinski definition) is 2. The maximum Gasteiger partial charge on any atom is 0.335 e. The molecule has 4 aromatic rings. The molecular formula is C31H33F2N7O6S. The number of anilines is 3. The summed E-state index contributed by atoms with van der Waals surface area (Å²) < 4.78 is 67.4. The molecule has 0 aliphatic carbocycles. The number of benzene rings is 2. The van der Waals surface area contributed by atoms with E-state index in [-0.39, 0.29) is 17.1 Å². The molecule has 4 heterocycles.